The SMILES string of the molecule is CCOC(=O)C1=C(C)NC(=O)N[C@@H]1c1ccc(OCC(=O)N/N=C/c2cccc(OC)c2OCc2ccc(C(=O)OCC)cc2)c(OC)c1. The fraction of sp³-hybridized carbons (Fsp3) is 0.286. The minimum absolute atomic E-state index is 0.169. The molecule has 14 heteroatoms. The Balaban J connectivity index is 1.39. The number of carbonyl (C=O) groups is 4. The van der Waals surface area contributed by atoms with Gasteiger partial charge in [0.15, 0.2) is 29.6 Å². The van der Waals surface area contributed by atoms with Gasteiger partial charge in [-0.2, -0.15) is 5.10 Å². The molecule has 1 aliphatic rings. The molecule has 0 saturated heterocycles. The van der Waals surface area contributed by atoms with Gasteiger partial charge < -0.3 is 39.1 Å². The van der Waals surface area contributed by atoms with Crippen molar-refractivity contribution in [3.05, 3.63) is 94.2 Å². The molecule has 0 spiro atoms. The van der Waals surface area contributed by atoms with E-state index in [2.05, 4.69) is 21.2 Å². The van der Waals surface area contributed by atoms with Crippen LogP contribution in [0.1, 0.15) is 53.9 Å². The molecule has 3 amide bonds. The molecule has 1 heterocycles. The van der Waals surface area contributed by atoms with Crippen molar-refractivity contribution in [2.24, 2.45) is 5.10 Å². The summed E-state index contributed by atoms with van der Waals surface area (Å²) >= 11 is 0. The Hall–Kier alpha value is -6.05. The average molecular weight is 675 g/mol. The first-order chi connectivity index (χ1) is 23.7. The van der Waals surface area contributed by atoms with Gasteiger partial charge in [-0.05, 0) is 68.3 Å². The molecule has 0 aliphatic carbocycles. The highest BCUT2D eigenvalue weighted by molar-refractivity contribution is 5.95. The maximum Gasteiger partial charge on any atom is 0.338 e. The Labute approximate surface area is 283 Å². The number of hydrogen-bond acceptors (Lipinski definition) is 11. The number of para-hydroxylation sites is 1. The van der Waals surface area contributed by atoms with Gasteiger partial charge in [-0.3, -0.25) is 4.79 Å². The van der Waals surface area contributed by atoms with Gasteiger partial charge in [0, 0.05) is 11.3 Å². The smallest absolute Gasteiger partial charge is 0.338 e. The van der Waals surface area contributed by atoms with Crippen LogP contribution in [0.2, 0.25) is 0 Å². The van der Waals surface area contributed by atoms with Crippen molar-refractivity contribution in [2.45, 2.75) is 33.4 Å². The quantitative estimate of drug-likeness (QED) is 0.121. The zero-order valence-corrected chi connectivity index (χ0v) is 27.8. The van der Waals surface area contributed by atoms with Gasteiger partial charge in [-0.1, -0.05) is 24.3 Å². The number of nitrogens with one attached hydrogen (secondary N) is 3. The Morgan fingerprint density at radius 2 is 1.59 bits per heavy atom. The summed E-state index contributed by atoms with van der Waals surface area (Å²) in [6, 6.07) is 15.6. The van der Waals surface area contributed by atoms with Crippen molar-refractivity contribution in [3.8, 4) is 23.0 Å². The topological polar surface area (TPSA) is 172 Å². The van der Waals surface area contributed by atoms with Gasteiger partial charge in [-0.25, -0.2) is 19.8 Å². The van der Waals surface area contributed by atoms with E-state index in [4.69, 9.17) is 28.4 Å². The van der Waals surface area contributed by atoms with E-state index in [1.165, 1.54) is 20.4 Å². The van der Waals surface area contributed by atoms with Gasteiger partial charge in [0.05, 0.1) is 50.8 Å². The van der Waals surface area contributed by atoms with Crippen LogP contribution in [0.4, 0.5) is 4.79 Å². The predicted molar refractivity (Wildman–Crippen MR) is 178 cm³/mol. The molecule has 0 bridgehead atoms. The second-order valence-corrected chi connectivity index (χ2v) is 10.4. The zero-order valence-electron chi connectivity index (χ0n) is 27.8. The summed E-state index contributed by atoms with van der Waals surface area (Å²) in [4.78, 5) is 49.4. The van der Waals surface area contributed by atoms with Crippen molar-refractivity contribution in [2.75, 3.05) is 34.0 Å². The molecule has 1 atom stereocenters. The van der Waals surface area contributed by atoms with Gasteiger partial charge in [0.25, 0.3) is 5.91 Å². The monoisotopic (exact) mass is 674 g/mol. The van der Waals surface area contributed by atoms with Crippen LogP contribution >= 0.6 is 0 Å². The number of rotatable bonds is 15. The van der Waals surface area contributed by atoms with E-state index in [-0.39, 0.29) is 30.3 Å². The number of methoxy groups -OCH3 is 2. The zero-order chi connectivity index (χ0) is 35.3. The number of hydrogen-bond donors (Lipinski definition) is 3. The van der Waals surface area contributed by atoms with Crippen molar-refractivity contribution in [1.82, 2.24) is 16.1 Å². The minimum atomic E-state index is -0.796. The number of allylic oxidation sites excluding steroid dienone is 1. The largest absolute Gasteiger partial charge is 0.493 e. The molecule has 258 valence electrons. The molecular weight excluding hydrogens is 636 g/mol. The van der Waals surface area contributed by atoms with E-state index in [0.29, 0.717) is 40.5 Å². The third kappa shape index (κ3) is 9.28. The van der Waals surface area contributed by atoms with Gasteiger partial charge in [0.1, 0.15) is 6.61 Å². The first kappa shape index (κ1) is 35.8. The molecule has 0 aromatic heterocycles. The molecule has 0 fully saturated rings. The maximum absolute atomic E-state index is 12.7. The summed E-state index contributed by atoms with van der Waals surface area (Å²) < 4.78 is 32.9. The highest BCUT2D eigenvalue weighted by Crippen LogP contribution is 2.35. The first-order valence-corrected chi connectivity index (χ1v) is 15.3. The molecule has 3 aromatic rings. The Morgan fingerprint density at radius 1 is 0.878 bits per heavy atom. The van der Waals surface area contributed by atoms with Crippen molar-refractivity contribution < 1.29 is 47.6 Å². The third-order valence-electron chi connectivity index (χ3n) is 7.11. The van der Waals surface area contributed by atoms with E-state index in [1.54, 1.807) is 81.4 Å². The lowest BCUT2D eigenvalue weighted by Crippen LogP contribution is -2.45. The number of urea groups is 1. The van der Waals surface area contributed by atoms with E-state index in [0.717, 1.165) is 5.56 Å². The summed E-state index contributed by atoms with van der Waals surface area (Å²) in [5.41, 5.74) is 5.38. The summed E-state index contributed by atoms with van der Waals surface area (Å²) in [5, 5.41) is 9.37. The van der Waals surface area contributed by atoms with Gasteiger partial charge in [0.2, 0.25) is 0 Å². The number of carbonyl (C=O) groups excluding carboxylic acids is 4. The Morgan fingerprint density at radius 3 is 2.29 bits per heavy atom. The van der Waals surface area contributed by atoms with Crippen LogP contribution in [-0.2, 0) is 25.7 Å². The molecule has 1 aliphatic heterocycles. The maximum atomic E-state index is 12.7. The van der Waals surface area contributed by atoms with E-state index in [1.807, 2.05) is 0 Å². The summed E-state index contributed by atoms with van der Waals surface area (Å²) in [5.74, 6) is -0.128. The summed E-state index contributed by atoms with van der Waals surface area (Å²) in [6.45, 7) is 5.30. The van der Waals surface area contributed by atoms with Crippen molar-refractivity contribution in [1.29, 1.82) is 0 Å². The fourth-order valence-electron chi connectivity index (χ4n) is 4.81. The average Bonchev–Trinajstić information content (AvgIpc) is 3.10. The highest BCUT2D eigenvalue weighted by atomic mass is 16.5. The molecule has 4 rings (SSSR count). The van der Waals surface area contributed by atoms with Crippen LogP contribution in [0.3, 0.4) is 0 Å². The highest BCUT2D eigenvalue weighted by Gasteiger charge is 2.32. The first-order valence-electron chi connectivity index (χ1n) is 15.3. The third-order valence-corrected chi connectivity index (χ3v) is 7.11. The van der Waals surface area contributed by atoms with Crippen LogP contribution < -0.4 is 35.0 Å². The molecule has 0 radical (unpaired) electrons. The number of benzene rings is 3. The lowest BCUT2D eigenvalue weighted by molar-refractivity contribution is -0.139. The number of ether oxygens (including phenoxy) is 6. The van der Waals surface area contributed by atoms with Crippen LogP contribution in [0, 0.1) is 0 Å². The Bertz CT molecular complexity index is 1740. The van der Waals surface area contributed by atoms with Crippen molar-refractivity contribution >= 4 is 30.1 Å². The summed E-state index contributed by atoms with van der Waals surface area (Å²) in [6.07, 6.45) is 1.42. The molecule has 49 heavy (non-hydrogen) atoms. The lowest BCUT2D eigenvalue weighted by Gasteiger charge is -2.28. The molecule has 0 saturated carbocycles. The van der Waals surface area contributed by atoms with Gasteiger partial charge >= 0.3 is 18.0 Å². The molecular formula is C35H38N4O10. The molecule has 0 unspecified atom stereocenters. The molecule has 14 nitrogen and oxygen atoms in total. The van der Waals surface area contributed by atoms with E-state index in [9.17, 15) is 19.2 Å². The van der Waals surface area contributed by atoms with E-state index >= 15 is 0 Å². The molecule has 3 aromatic carbocycles. The Kier molecular flexibility index (Phi) is 12.6. The van der Waals surface area contributed by atoms with Gasteiger partial charge in [-0.15, -0.1) is 0 Å². The number of esters is 2. The second kappa shape index (κ2) is 17.2. The number of nitrogens with zero attached hydrogens (tertiary/aromatic N) is 1. The standard InChI is InChI=1S/C35H38N4O10/c1-6-46-33(41)23-13-11-22(12-14-23)19-49-32-25(9-8-10-27(32)44-4)18-36-39-29(40)20-48-26-16-15-24(17-28(26)45-5)31-30(34(42)47-7-2)21(3)37-35(43)38-31/h8-18,31H,6-7,19-20H2,1-5H3,(H,39,40)(H2,37,38,43)/b36-18+/t31-/m1/s1. The number of hydrazone groups is 1. The minimum Gasteiger partial charge on any atom is -0.493 e. The molecule has 3 N–H and O–H groups in total. The lowest BCUT2D eigenvalue weighted by atomic mass is 9.95. The number of amides is 3. The van der Waals surface area contributed by atoms with Crippen molar-refractivity contribution in [3.63, 3.8) is 0 Å². The van der Waals surface area contributed by atoms with E-state index < -0.39 is 36.5 Å². The van der Waals surface area contributed by atoms with Crippen LogP contribution in [0.5, 0.6) is 23.0 Å². The predicted octanol–water partition coefficient (Wildman–Crippen LogP) is 4.18. The van der Waals surface area contributed by atoms with Crippen LogP contribution in [-0.4, -0.2) is 64.1 Å². The normalized spacial score (nSPS) is 14.0. The van der Waals surface area contributed by atoms with Crippen LogP contribution in [0.15, 0.2) is 77.0 Å². The fourth-order valence-corrected chi connectivity index (χ4v) is 4.81. The summed E-state index contributed by atoms with van der Waals surface area (Å²) in [7, 11) is 2.94. The van der Waals surface area contributed by atoms with Crippen LogP contribution in [0.25, 0.3) is 0 Å². The second-order valence-electron chi connectivity index (χ2n) is 10.4.